The summed E-state index contributed by atoms with van der Waals surface area (Å²) < 4.78 is 7.18. The van der Waals surface area contributed by atoms with Gasteiger partial charge in [0.2, 0.25) is 5.13 Å². The lowest BCUT2D eigenvalue weighted by Gasteiger charge is -2.05. The Hall–Kier alpha value is -3.44. The van der Waals surface area contributed by atoms with Crippen LogP contribution in [-0.4, -0.2) is 10.1 Å². The van der Waals surface area contributed by atoms with Crippen LogP contribution >= 0.6 is 11.3 Å². The van der Waals surface area contributed by atoms with Crippen molar-refractivity contribution in [2.75, 3.05) is 0 Å². The van der Waals surface area contributed by atoms with Gasteiger partial charge in [0.15, 0.2) is 0 Å². The molecule has 0 unspecified atom stereocenters. The van der Waals surface area contributed by atoms with Gasteiger partial charge in [-0.2, -0.15) is 0 Å². The van der Waals surface area contributed by atoms with Gasteiger partial charge in [-0.3, -0.25) is 0 Å². The molecule has 0 radical (unpaired) electrons. The summed E-state index contributed by atoms with van der Waals surface area (Å²) in [7, 11) is 0. The van der Waals surface area contributed by atoms with E-state index in [0.29, 0.717) is 16.1 Å². The lowest BCUT2D eigenvalue weighted by atomic mass is 10.1. The van der Waals surface area contributed by atoms with Crippen molar-refractivity contribution in [2.45, 2.75) is 6.92 Å². The van der Waals surface area contributed by atoms with Gasteiger partial charge in [-0.1, -0.05) is 53.8 Å². The highest BCUT2D eigenvalue weighted by Crippen LogP contribution is 2.30. The Morgan fingerprint density at radius 1 is 0.964 bits per heavy atom. The minimum Gasteiger partial charge on any atom is -0.508 e. The third-order valence-electron chi connectivity index (χ3n) is 4.61. The van der Waals surface area contributed by atoms with Gasteiger partial charge in [0.25, 0.3) is 0 Å². The molecule has 0 fully saturated rings. The second-order valence-electron chi connectivity index (χ2n) is 6.57. The number of benzene rings is 3. The normalized spacial score (nSPS) is 12.1. The Kier molecular flexibility index (Phi) is 3.95. The molecular weight excluding hydrogens is 368 g/mol. The number of thiazole rings is 1. The third kappa shape index (κ3) is 2.96. The molecule has 5 heteroatoms. The lowest BCUT2D eigenvalue weighted by molar-refractivity contribution is 0.475. The summed E-state index contributed by atoms with van der Waals surface area (Å²) in [6.07, 6.45) is 0. The van der Waals surface area contributed by atoms with Crippen LogP contribution in [0.1, 0.15) is 5.56 Å². The van der Waals surface area contributed by atoms with E-state index in [0.717, 1.165) is 32.5 Å². The van der Waals surface area contributed by atoms with E-state index in [9.17, 15) is 5.11 Å². The van der Waals surface area contributed by atoms with Crippen LogP contribution in [0, 0.1) is 6.92 Å². The summed E-state index contributed by atoms with van der Waals surface area (Å²) in [5.41, 5.74) is 3.73. The topological polar surface area (TPSA) is 58.6 Å². The number of rotatable bonds is 2. The number of fused-ring (bicyclic) bond motifs is 2. The number of aromatic hydroxyl groups is 1. The maximum atomic E-state index is 9.96. The largest absolute Gasteiger partial charge is 0.508 e. The molecule has 1 N–H and O–H groups in total. The molecule has 5 rings (SSSR count). The zero-order valence-electron chi connectivity index (χ0n) is 15.1. The van der Waals surface area contributed by atoms with E-state index >= 15 is 0 Å². The van der Waals surface area contributed by atoms with Crippen LogP contribution in [0.3, 0.4) is 0 Å². The standard InChI is InChI=1S/C23H16N2O2S/c1-14-6-5-9-21-22(14)25-23(28-21)24-18-13-20(15-7-3-2-4-8-15)27-19-11-10-16(26)12-17(18)19/h2-13,26H,1H3/b24-18+. The van der Waals surface area contributed by atoms with E-state index in [4.69, 9.17) is 14.4 Å². The first-order valence-electron chi connectivity index (χ1n) is 8.90. The van der Waals surface area contributed by atoms with Crippen molar-refractivity contribution >= 4 is 37.7 Å². The Balaban J connectivity index is 1.79. The zero-order chi connectivity index (χ0) is 19.1. The highest BCUT2D eigenvalue weighted by Gasteiger charge is 2.09. The molecule has 0 atom stereocenters. The van der Waals surface area contributed by atoms with Crippen molar-refractivity contribution in [1.82, 2.24) is 4.98 Å². The highest BCUT2D eigenvalue weighted by molar-refractivity contribution is 7.21. The van der Waals surface area contributed by atoms with Crippen LogP contribution in [0.25, 0.3) is 32.5 Å². The molecule has 2 aromatic heterocycles. The van der Waals surface area contributed by atoms with Crippen molar-refractivity contribution in [1.29, 1.82) is 0 Å². The molecule has 0 saturated heterocycles. The molecule has 0 aliphatic carbocycles. The second-order valence-corrected chi connectivity index (χ2v) is 7.58. The molecule has 0 amide bonds. The average molecular weight is 384 g/mol. The van der Waals surface area contributed by atoms with Crippen molar-refractivity contribution in [3.8, 4) is 17.1 Å². The number of phenols is 1. The molecule has 3 aromatic carbocycles. The fourth-order valence-corrected chi connectivity index (χ4v) is 4.15. The second kappa shape index (κ2) is 6.62. The van der Waals surface area contributed by atoms with Crippen molar-refractivity contribution < 1.29 is 9.52 Å². The molecule has 0 saturated carbocycles. The van der Waals surface area contributed by atoms with Crippen molar-refractivity contribution in [3.05, 3.63) is 83.7 Å². The van der Waals surface area contributed by atoms with Gasteiger partial charge in [-0.15, -0.1) is 0 Å². The summed E-state index contributed by atoms with van der Waals surface area (Å²) in [6.45, 7) is 2.05. The summed E-state index contributed by atoms with van der Waals surface area (Å²) in [5.74, 6) is 0.890. The molecule has 5 aromatic rings. The molecule has 0 aliphatic heterocycles. The van der Waals surface area contributed by atoms with Crippen LogP contribution in [-0.2, 0) is 0 Å². The van der Waals surface area contributed by atoms with E-state index in [-0.39, 0.29) is 5.75 Å². The molecule has 136 valence electrons. The number of phenolic OH excluding ortho intramolecular Hbond substituents is 1. The number of aryl methyl sites for hydroxylation is 1. The summed E-state index contributed by atoms with van der Waals surface area (Å²) in [4.78, 5) is 9.51. The minimum atomic E-state index is 0.173. The summed E-state index contributed by atoms with van der Waals surface area (Å²) >= 11 is 1.55. The first-order chi connectivity index (χ1) is 13.7. The Morgan fingerprint density at radius 3 is 2.64 bits per heavy atom. The molecular formula is C23H16N2O2S. The molecule has 0 spiro atoms. The van der Waals surface area contributed by atoms with Crippen LogP contribution in [0.2, 0.25) is 0 Å². The first kappa shape index (κ1) is 16.7. The van der Waals surface area contributed by atoms with Gasteiger partial charge in [0.05, 0.1) is 15.6 Å². The van der Waals surface area contributed by atoms with E-state index in [2.05, 4.69) is 6.07 Å². The SMILES string of the molecule is Cc1cccc2sc(/N=c3\cc(-c4ccccc4)oc4ccc(O)cc34)nc12. The van der Waals surface area contributed by atoms with Gasteiger partial charge in [-0.25, -0.2) is 9.98 Å². The van der Waals surface area contributed by atoms with Crippen LogP contribution < -0.4 is 5.36 Å². The number of hydrogen-bond donors (Lipinski definition) is 1. The molecule has 0 aliphatic rings. The fraction of sp³-hybridized carbons (Fsp3) is 0.0435. The Morgan fingerprint density at radius 2 is 1.82 bits per heavy atom. The summed E-state index contributed by atoms with van der Waals surface area (Å²) in [6, 6.07) is 23.0. The van der Waals surface area contributed by atoms with Gasteiger partial charge in [-0.05, 0) is 36.8 Å². The van der Waals surface area contributed by atoms with E-state index in [1.54, 1.807) is 29.5 Å². The summed E-state index contributed by atoms with van der Waals surface area (Å²) in [5, 5.41) is 12.1. The van der Waals surface area contributed by atoms with Crippen LogP contribution in [0.5, 0.6) is 5.75 Å². The van der Waals surface area contributed by atoms with Gasteiger partial charge in [0, 0.05) is 17.0 Å². The van der Waals surface area contributed by atoms with Gasteiger partial charge < -0.3 is 9.52 Å². The Labute approximate surface area is 165 Å². The van der Waals surface area contributed by atoms with E-state index in [1.165, 1.54) is 0 Å². The zero-order valence-corrected chi connectivity index (χ0v) is 15.9. The van der Waals surface area contributed by atoms with Crippen LogP contribution in [0.15, 0.2) is 82.2 Å². The lowest BCUT2D eigenvalue weighted by Crippen LogP contribution is -2.03. The van der Waals surface area contributed by atoms with Crippen LogP contribution in [0.4, 0.5) is 5.13 Å². The van der Waals surface area contributed by atoms with Crippen molar-refractivity contribution in [3.63, 3.8) is 0 Å². The number of hydrogen-bond acceptors (Lipinski definition) is 5. The quantitative estimate of drug-likeness (QED) is 0.409. The number of aromatic nitrogens is 1. The van der Waals surface area contributed by atoms with E-state index in [1.807, 2.05) is 55.5 Å². The third-order valence-corrected chi connectivity index (χ3v) is 5.53. The first-order valence-corrected chi connectivity index (χ1v) is 9.72. The minimum absolute atomic E-state index is 0.173. The Bertz CT molecular complexity index is 1380. The predicted octanol–water partition coefficient (Wildman–Crippen LogP) is 5.96. The fourth-order valence-electron chi connectivity index (χ4n) is 3.22. The number of para-hydroxylation sites is 1. The molecule has 0 bridgehead atoms. The van der Waals surface area contributed by atoms with Crippen molar-refractivity contribution in [2.24, 2.45) is 4.99 Å². The maximum Gasteiger partial charge on any atom is 0.210 e. The van der Waals surface area contributed by atoms with Gasteiger partial charge in [0.1, 0.15) is 17.1 Å². The number of nitrogens with zero attached hydrogens (tertiary/aromatic N) is 2. The molecule has 28 heavy (non-hydrogen) atoms. The smallest absolute Gasteiger partial charge is 0.210 e. The highest BCUT2D eigenvalue weighted by atomic mass is 32.1. The monoisotopic (exact) mass is 384 g/mol. The van der Waals surface area contributed by atoms with Gasteiger partial charge >= 0.3 is 0 Å². The molecule has 4 nitrogen and oxygen atoms in total. The molecule has 2 heterocycles. The van der Waals surface area contributed by atoms with E-state index < -0.39 is 0 Å². The maximum absolute atomic E-state index is 9.96. The predicted molar refractivity (Wildman–Crippen MR) is 113 cm³/mol. The average Bonchev–Trinajstić information content (AvgIpc) is 3.13.